The van der Waals surface area contributed by atoms with Gasteiger partial charge in [0.15, 0.2) is 23.6 Å². The van der Waals surface area contributed by atoms with Crippen LogP contribution in [0.15, 0.2) is 48.6 Å². The molecule has 0 aliphatic carbocycles. The number of halogens is 2. The zero-order valence-electron chi connectivity index (χ0n) is 26.0. The van der Waals surface area contributed by atoms with Crippen LogP contribution in [0.25, 0.3) is 33.9 Å². The Morgan fingerprint density at radius 2 is 1.20 bits per heavy atom. The summed E-state index contributed by atoms with van der Waals surface area (Å²) < 4.78 is 33.4. The van der Waals surface area contributed by atoms with Crippen molar-refractivity contribution in [1.29, 1.82) is 10.8 Å². The molecule has 45 heavy (non-hydrogen) atoms. The largest absolute Gasteiger partial charge is 0.370 e. The molecule has 238 valence electrons. The Kier molecular flexibility index (Phi) is 10.3. The smallest absolute Gasteiger partial charge is 0.188 e. The molecule has 3 aromatic rings. The second-order valence-electron chi connectivity index (χ2n) is 11.8. The van der Waals surface area contributed by atoms with Crippen molar-refractivity contribution >= 4 is 23.1 Å². The minimum atomic E-state index is -0.412. The van der Waals surface area contributed by atoms with Gasteiger partial charge in [-0.15, -0.1) is 10.2 Å². The third-order valence-corrected chi connectivity index (χ3v) is 8.75. The van der Waals surface area contributed by atoms with E-state index in [0.717, 1.165) is 41.5 Å². The van der Waals surface area contributed by atoms with E-state index in [2.05, 4.69) is 17.1 Å². The van der Waals surface area contributed by atoms with Crippen LogP contribution in [-0.2, 0) is 6.54 Å². The molecule has 2 aliphatic heterocycles. The lowest BCUT2D eigenvalue weighted by Crippen LogP contribution is -2.39. The number of nitrogens with two attached hydrogens (primary N) is 2. The van der Waals surface area contributed by atoms with Crippen LogP contribution in [-0.4, -0.2) is 62.7 Å². The van der Waals surface area contributed by atoms with E-state index in [4.69, 9.17) is 22.3 Å². The van der Waals surface area contributed by atoms with Crippen molar-refractivity contribution in [2.45, 2.75) is 64.8 Å². The SMILES string of the molecule is CCCCCCCCn1c(-c2ccc(C3=CCN(C(=N)N)CC3)cc2F)nnc1-c1ccc(C2=CCN(C(=N)N)CC2)cc1F. The fraction of sp³-hybridized carbons (Fsp3) is 0.412. The molecular formula is C34H43F2N9. The van der Waals surface area contributed by atoms with Gasteiger partial charge in [-0.3, -0.25) is 10.8 Å². The highest BCUT2D eigenvalue weighted by molar-refractivity contribution is 5.78. The summed E-state index contributed by atoms with van der Waals surface area (Å²) in [4.78, 5) is 3.53. The Balaban J connectivity index is 1.43. The van der Waals surface area contributed by atoms with E-state index in [0.29, 0.717) is 68.3 Å². The van der Waals surface area contributed by atoms with Crippen LogP contribution < -0.4 is 11.5 Å². The quantitative estimate of drug-likeness (QED) is 0.115. The van der Waals surface area contributed by atoms with E-state index in [1.807, 2.05) is 28.9 Å². The average molecular weight is 616 g/mol. The van der Waals surface area contributed by atoms with Gasteiger partial charge in [-0.25, -0.2) is 8.78 Å². The number of guanidine groups is 2. The Bertz CT molecular complexity index is 1500. The summed E-state index contributed by atoms with van der Waals surface area (Å²) in [7, 11) is 0. The molecule has 3 heterocycles. The van der Waals surface area contributed by atoms with Crippen LogP contribution in [0.4, 0.5) is 8.78 Å². The minimum absolute atomic E-state index is 0.0329. The highest BCUT2D eigenvalue weighted by Crippen LogP contribution is 2.33. The molecule has 2 aliphatic rings. The monoisotopic (exact) mass is 615 g/mol. The molecule has 0 radical (unpaired) electrons. The van der Waals surface area contributed by atoms with Gasteiger partial charge in [0.1, 0.15) is 11.6 Å². The second kappa shape index (κ2) is 14.5. The third kappa shape index (κ3) is 7.41. The lowest BCUT2D eigenvalue weighted by atomic mass is 9.97. The summed E-state index contributed by atoms with van der Waals surface area (Å²) in [6.45, 7) is 4.99. The van der Waals surface area contributed by atoms with Gasteiger partial charge in [-0.05, 0) is 65.8 Å². The van der Waals surface area contributed by atoms with Gasteiger partial charge in [-0.1, -0.05) is 63.3 Å². The van der Waals surface area contributed by atoms with E-state index in [-0.39, 0.29) is 11.9 Å². The molecule has 0 atom stereocenters. The first kappa shape index (κ1) is 31.9. The van der Waals surface area contributed by atoms with Crippen molar-refractivity contribution in [3.63, 3.8) is 0 Å². The van der Waals surface area contributed by atoms with Gasteiger partial charge in [0.25, 0.3) is 0 Å². The molecule has 0 unspecified atom stereocenters. The summed E-state index contributed by atoms with van der Waals surface area (Å²) in [5.41, 5.74) is 15.5. The maximum atomic E-state index is 15.8. The number of benzene rings is 2. The molecule has 1 aromatic heterocycles. The summed E-state index contributed by atoms with van der Waals surface area (Å²) in [6.07, 6.45) is 11.8. The standard InChI is InChI=1S/C34H43F2N9/c1-2-3-4-5-6-7-16-45-31(27-10-8-25(21-29(27)35)23-12-17-43(18-13-23)33(37)38)41-42-32(45)28-11-9-26(22-30(28)36)24-14-19-44(20-15-24)34(39)40/h8-12,14,21-22H,2-7,13,15-20H2,1H3,(H3,37,38)(H3,39,40). The van der Waals surface area contributed by atoms with Gasteiger partial charge in [0.2, 0.25) is 0 Å². The van der Waals surface area contributed by atoms with Crippen molar-refractivity contribution in [1.82, 2.24) is 24.6 Å². The molecule has 0 amide bonds. The van der Waals surface area contributed by atoms with E-state index >= 15 is 8.78 Å². The normalized spacial score (nSPS) is 15.2. The fourth-order valence-electron chi connectivity index (χ4n) is 6.06. The molecule has 2 aromatic carbocycles. The first-order valence-electron chi connectivity index (χ1n) is 15.9. The van der Waals surface area contributed by atoms with Crippen molar-refractivity contribution < 1.29 is 8.78 Å². The highest BCUT2D eigenvalue weighted by atomic mass is 19.1. The average Bonchev–Trinajstić information content (AvgIpc) is 3.45. The van der Waals surface area contributed by atoms with Gasteiger partial charge in [-0.2, -0.15) is 0 Å². The summed E-state index contributed by atoms with van der Waals surface area (Å²) in [5, 5.41) is 24.1. The maximum Gasteiger partial charge on any atom is 0.188 e. The lowest BCUT2D eigenvalue weighted by molar-refractivity contribution is 0.451. The van der Waals surface area contributed by atoms with E-state index in [9.17, 15) is 0 Å². The first-order chi connectivity index (χ1) is 21.8. The van der Waals surface area contributed by atoms with Gasteiger partial charge < -0.3 is 25.8 Å². The van der Waals surface area contributed by atoms with Crippen molar-refractivity contribution in [3.8, 4) is 22.8 Å². The first-order valence-corrected chi connectivity index (χ1v) is 15.9. The summed E-state index contributed by atoms with van der Waals surface area (Å²) in [6, 6.07) is 10.3. The molecule has 6 N–H and O–H groups in total. The number of hydrogen-bond acceptors (Lipinski definition) is 4. The number of aromatic nitrogens is 3. The molecule has 5 rings (SSSR count). The predicted octanol–water partition coefficient (Wildman–Crippen LogP) is 6.22. The van der Waals surface area contributed by atoms with Crippen LogP contribution in [0, 0.1) is 22.5 Å². The molecule has 0 spiro atoms. The molecular weight excluding hydrogens is 572 g/mol. The number of hydrogen-bond donors (Lipinski definition) is 4. The Morgan fingerprint density at radius 1 is 0.733 bits per heavy atom. The zero-order valence-corrected chi connectivity index (χ0v) is 26.0. The highest BCUT2D eigenvalue weighted by Gasteiger charge is 2.23. The maximum absolute atomic E-state index is 15.8. The fourth-order valence-corrected chi connectivity index (χ4v) is 6.06. The zero-order chi connectivity index (χ0) is 31.9. The summed E-state index contributed by atoms with van der Waals surface area (Å²) >= 11 is 0. The Labute approximate surface area is 263 Å². The van der Waals surface area contributed by atoms with Gasteiger partial charge in [0, 0.05) is 32.7 Å². The van der Waals surface area contributed by atoms with Crippen molar-refractivity contribution in [2.24, 2.45) is 11.5 Å². The summed E-state index contributed by atoms with van der Waals surface area (Å²) in [5.74, 6) is 0.00272. The van der Waals surface area contributed by atoms with Gasteiger partial charge in [0.05, 0.1) is 11.1 Å². The minimum Gasteiger partial charge on any atom is -0.370 e. The van der Waals surface area contributed by atoms with Gasteiger partial charge >= 0.3 is 0 Å². The van der Waals surface area contributed by atoms with E-state index in [1.54, 1.807) is 21.9 Å². The van der Waals surface area contributed by atoms with Crippen LogP contribution in [0.1, 0.15) is 69.4 Å². The molecule has 0 saturated heterocycles. The van der Waals surface area contributed by atoms with Crippen molar-refractivity contribution in [2.75, 3.05) is 26.2 Å². The number of nitrogens with one attached hydrogen (secondary N) is 2. The Hall–Kier alpha value is -4.54. The lowest BCUT2D eigenvalue weighted by Gasteiger charge is -2.26. The molecule has 11 heteroatoms. The second-order valence-corrected chi connectivity index (χ2v) is 11.8. The number of unbranched alkanes of at least 4 members (excludes halogenated alkanes) is 5. The molecule has 9 nitrogen and oxygen atoms in total. The topological polar surface area (TPSA) is 137 Å². The van der Waals surface area contributed by atoms with Crippen LogP contribution in [0.5, 0.6) is 0 Å². The number of rotatable bonds is 11. The van der Waals surface area contributed by atoms with E-state index < -0.39 is 11.6 Å². The molecule has 0 fully saturated rings. The Morgan fingerprint density at radius 3 is 1.60 bits per heavy atom. The third-order valence-electron chi connectivity index (χ3n) is 8.75. The predicted molar refractivity (Wildman–Crippen MR) is 176 cm³/mol. The van der Waals surface area contributed by atoms with Crippen LogP contribution >= 0.6 is 0 Å². The van der Waals surface area contributed by atoms with Crippen LogP contribution in [0.2, 0.25) is 0 Å². The van der Waals surface area contributed by atoms with Crippen molar-refractivity contribution in [3.05, 3.63) is 71.3 Å². The molecule has 0 saturated carbocycles. The number of nitrogens with zero attached hydrogens (tertiary/aromatic N) is 5. The van der Waals surface area contributed by atoms with E-state index in [1.165, 1.54) is 31.4 Å². The molecule has 0 bridgehead atoms. The van der Waals surface area contributed by atoms with Crippen LogP contribution in [0.3, 0.4) is 0 Å².